The summed E-state index contributed by atoms with van der Waals surface area (Å²) in [5.74, 6) is 2.18. The van der Waals surface area contributed by atoms with E-state index in [0.717, 1.165) is 37.8 Å². The van der Waals surface area contributed by atoms with Gasteiger partial charge >= 0.3 is 0 Å². The van der Waals surface area contributed by atoms with Crippen LogP contribution in [0.15, 0.2) is 0 Å². The molecule has 2 fully saturated rings. The molecule has 0 aromatic heterocycles. The van der Waals surface area contributed by atoms with Crippen LogP contribution in [0.2, 0.25) is 0 Å². The SMILES string of the molecule is CC(C)C1CCN(C(=O)C2CC(N)C2)CC1. The molecular weight excluding hydrogens is 200 g/mol. The van der Waals surface area contributed by atoms with E-state index in [2.05, 4.69) is 18.7 Å². The van der Waals surface area contributed by atoms with Crippen LogP contribution in [0.1, 0.15) is 39.5 Å². The van der Waals surface area contributed by atoms with E-state index in [9.17, 15) is 4.79 Å². The van der Waals surface area contributed by atoms with Crippen molar-refractivity contribution < 1.29 is 4.79 Å². The summed E-state index contributed by atoms with van der Waals surface area (Å²) in [5.41, 5.74) is 5.73. The molecule has 3 nitrogen and oxygen atoms in total. The first-order chi connectivity index (χ1) is 7.58. The molecule has 2 aliphatic rings. The van der Waals surface area contributed by atoms with Crippen LogP contribution < -0.4 is 5.73 Å². The van der Waals surface area contributed by atoms with Crippen molar-refractivity contribution in [2.24, 2.45) is 23.5 Å². The Hall–Kier alpha value is -0.570. The largest absolute Gasteiger partial charge is 0.342 e. The zero-order chi connectivity index (χ0) is 11.7. The van der Waals surface area contributed by atoms with E-state index >= 15 is 0 Å². The van der Waals surface area contributed by atoms with Gasteiger partial charge in [0.2, 0.25) is 5.91 Å². The van der Waals surface area contributed by atoms with Crippen molar-refractivity contribution in [2.45, 2.75) is 45.6 Å². The van der Waals surface area contributed by atoms with Gasteiger partial charge in [-0.15, -0.1) is 0 Å². The second-order valence-electron chi connectivity index (χ2n) is 5.84. The number of hydrogen-bond donors (Lipinski definition) is 1. The maximum Gasteiger partial charge on any atom is 0.225 e. The van der Waals surface area contributed by atoms with Crippen LogP contribution >= 0.6 is 0 Å². The van der Waals surface area contributed by atoms with Crippen molar-refractivity contribution in [2.75, 3.05) is 13.1 Å². The van der Waals surface area contributed by atoms with Crippen molar-refractivity contribution in [3.05, 3.63) is 0 Å². The molecule has 1 heterocycles. The molecule has 0 aromatic rings. The summed E-state index contributed by atoms with van der Waals surface area (Å²) in [6.07, 6.45) is 4.18. The standard InChI is InChI=1S/C13H24N2O/c1-9(2)10-3-5-15(6-4-10)13(16)11-7-12(14)8-11/h9-12H,3-8,14H2,1-2H3. The Morgan fingerprint density at radius 1 is 1.25 bits per heavy atom. The molecule has 0 aromatic carbocycles. The predicted molar refractivity (Wildman–Crippen MR) is 64.8 cm³/mol. The summed E-state index contributed by atoms with van der Waals surface area (Å²) in [6, 6.07) is 0.280. The molecule has 1 amide bonds. The number of nitrogens with zero attached hydrogens (tertiary/aromatic N) is 1. The summed E-state index contributed by atoms with van der Waals surface area (Å²) < 4.78 is 0. The van der Waals surface area contributed by atoms with Crippen molar-refractivity contribution in [1.29, 1.82) is 0 Å². The van der Waals surface area contributed by atoms with E-state index in [0.29, 0.717) is 5.91 Å². The van der Waals surface area contributed by atoms with Crippen LogP contribution in [0.5, 0.6) is 0 Å². The van der Waals surface area contributed by atoms with Gasteiger partial charge in [-0.1, -0.05) is 13.8 Å². The lowest BCUT2D eigenvalue weighted by Gasteiger charge is -2.39. The monoisotopic (exact) mass is 224 g/mol. The summed E-state index contributed by atoms with van der Waals surface area (Å²) in [4.78, 5) is 14.1. The van der Waals surface area contributed by atoms with Gasteiger partial charge in [0.05, 0.1) is 0 Å². The molecule has 3 heteroatoms. The molecule has 0 bridgehead atoms. The minimum Gasteiger partial charge on any atom is -0.342 e. The van der Waals surface area contributed by atoms with Gasteiger partial charge in [-0.3, -0.25) is 4.79 Å². The second kappa shape index (κ2) is 4.74. The fraction of sp³-hybridized carbons (Fsp3) is 0.923. The Labute approximate surface area is 98.4 Å². The van der Waals surface area contributed by atoms with E-state index in [1.165, 1.54) is 12.8 Å². The average molecular weight is 224 g/mol. The first-order valence-electron chi connectivity index (χ1n) is 6.62. The summed E-state index contributed by atoms with van der Waals surface area (Å²) >= 11 is 0. The summed E-state index contributed by atoms with van der Waals surface area (Å²) in [6.45, 7) is 6.50. The number of carbonyl (C=O) groups excluding carboxylic acids is 1. The number of amides is 1. The number of rotatable bonds is 2. The van der Waals surface area contributed by atoms with Crippen LogP contribution in [-0.2, 0) is 4.79 Å². The molecule has 2 N–H and O–H groups in total. The quantitative estimate of drug-likeness (QED) is 0.774. The van der Waals surface area contributed by atoms with Crippen molar-refractivity contribution >= 4 is 5.91 Å². The zero-order valence-electron chi connectivity index (χ0n) is 10.5. The third-order valence-electron chi connectivity index (χ3n) is 4.32. The average Bonchev–Trinajstić information content (AvgIpc) is 2.24. The maximum absolute atomic E-state index is 12.1. The van der Waals surface area contributed by atoms with E-state index in [1.807, 2.05) is 0 Å². The molecule has 16 heavy (non-hydrogen) atoms. The minimum absolute atomic E-state index is 0.241. The number of nitrogens with two attached hydrogens (primary N) is 1. The van der Waals surface area contributed by atoms with Gasteiger partial charge in [0.25, 0.3) is 0 Å². The Bertz CT molecular complexity index is 251. The topological polar surface area (TPSA) is 46.3 Å². The van der Waals surface area contributed by atoms with Crippen LogP contribution in [0.4, 0.5) is 0 Å². The van der Waals surface area contributed by atoms with E-state index in [1.54, 1.807) is 0 Å². The summed E-state index contributed by atoms with van der Waals surface area (Å²) in [7, 11) is 0. The molecule has 92 valence electrons. The molecule has 0 atom stereocenters. The first-order valence-corrected chi connectivity index (χ1v) is 6.62. The Kier molecular flexibility index (Phi) is 3.53. The van der Waals surface area contributed by atoms with Gasteiger partial charge in [0.1, 0.15) is 0 Å². The van der Waals surface area contributed by atoms with E-state index in [4.69, 9.17) is 5.73 Å². The van der Waals surface area contributed by atoms with E-state index in [-0.39, 0.29) is 12.0 Å². The highest BCUT2D eigenvalue weighted by molar-refractivity contribution is 5.80. The first kappa shape index (κ1) is 11.9. The molecule has 1 saturated carbocycles. The molecule has 0 spiro atoms. The Balaban J connectivity index is 1.78. The van der Waals surface area contributed by atoms with Crippen LogP contribution in [0, 0.1) is 17.8 Å². The van der Waals surface area contributed by atoms with Crippen LogP contribution in [0.3, 0.4) is 0 Å². The minimum atomic E-state index is 0.241. The lowest BCUT2D eigenvalue weighted by Crippen LogP contribution is -2.49. The highest BCUT2D eigenvalue weighted by Gasteiger charge is 2.36. The van der Waals surface area contributed by atoms with Gasteiger partial charge in [0, 0.05) is 25.0 Å². The lowest BCUT2D eigenvalue weighted by atomic mass is 9.79. The number of hydrogen-bond acceptors (Lipinski definition) is 2. The maximum atomic E-state index is 12.1. The van der Waals surface area contributed by atoms with Crippen molar-refractivity contribution in [3.63, 3.8) is 0 Å². The second-order valence-corrected chi connectivity index (χ2v) is 5.84. The van der Waals surface area contributed by atoms with Gasteiger partial charge in [-0.25, -0.2) is 0 Å². The third kappa shape index (κ3) is 2.40. The van der Waals surface area contributed by atoms with Gasteiger partial charge in [-0.05, 0) is 37.5 Å². The number of piperidine rings is 1. The zero-order valence-corrected chi connectivity index (χ0v) is 10.5. The van der Waals surface area contributed by atoms with Crippen LogP contribution in [-0.4, -0.2) is 29.9 Å². The fourth-order valence-electron chi connectivity index (χ4n) is 2.91. The normalized spacial score (nSPS) is 31.6. The molecule has 1 aliphatic heterocycles. The van der Waals surface area contributed by atoms with Crippen molar-refractivity contribution in [1.82, 2.24) is 4.90 Å². The Morgan fingerprint density at radius 2 is 1.81 bits per heavy atom. The Morgan fingerprint density at radius 3 is 2.25 bits per heavy atom. The van der Waals surface area contributed by atoms with Gasteiger partial charge in [-0.2, -0.15) is 0 Å². The molecule has 1 saturated heterocycles. The lowest BCUT2D eigenvalue weighted by molar-refractivity contribution is -0.140. The van der Waals surface area contributed by atoms with E-state index < -0.39 is 0 Å². The van der Waals surface area contributed by atoms with Crippen LogP contribution in [0.25, 0.3) is 0 Å². The number of carbonyl (C=O) groups is 1. The predicted octanol–water partition coefficient (Wildman–Crippen LogP) is 1.62. The third-order valence-corrected chi connectivity index (χ3v) is 4.32. The molecule has 1 aliphatic carbocycles. The smallest absolute Gasteiger partial charge is 0.225 e. The van der Waals surface area contributed by atoms with Crippen molar-refractivity contribution in [3.8, 4) is 0 Å². The van der Waals surface area contributed by atoms with Gasteiger partial charge in [0.15, 0.2) is 0 Å². The molecule has 0 radical (unpaired) electrons. The molecule has 2 rings (SSSR count). The fourth-order valence-corrected chi connectivity index (χ4v) is 2.91. The molecular formula is C13H24N2O. The summed E-state index contributed by atoms with van der Waals surface area (Å²) in [5, 5.41) is 0. The highest BCUT2D eigenvalue weighted by Crippen LogP contribution is 2.30. The molecule has 0 unspecified atom stereocenters. The van der Waals surface area contributed by atoms with Gasteiger partial charge < -0.3 is 10.6 Å². The highest BCUT2D eigenvalue weighted by atomic mass is 16.2. The number of likely N-dealkylation sites (tertiary alicyclic amines) is 1.